The minimum atomic E-state index is -1.07. The molecule has 2 rings (SSSR count). The number of hydrogen-bond donors (Lipinski definition) is 2. The molecule has 1 atom stereocenters. The number of aliphatic hydroxyl groups excluding tert-OH is 1. The molecule has 2 N–H and O–H groups in total. The fraction of sp³-hybridized carbons (Fsp3) is 0.235. The fourth-order valence-electron chi connectivity index (χ4n) is 2.02. The van der Waals surface area contributed by atoms with Gasteiger partial charge in [-0.05, 0) is 36.1 Å². The summed E-state index contributed by atoms with van der Waals surface area (Å²) < 4.78 is 13.5. The van der Waals surface area contributed by atoms with E-state index in [4.69, 9.17) is 0 Å². The van der Waals surface area contributed by atoms with Crippen molar-refractivity contribution in [1.29, 1.82) is 0 Å². The van der Waals surface area contributed by atoms with E-state index in [1.54, 1.807) is 36.0 Å². The molecule has 0 saturated carbocycles. The van der Waals surface area contributed by atoms with E-state index in [0.29, 0.717) is 5.56 Å². The van der Waals surface area contributed by atoms with E-state index in [9.17, 15) is 14.3 Å². The van der Waals surface area contributed by atoms with Gasteiger partial charge in [0.2, 0.25) is 0 Å². The third-order valence-corrected chi connectivity index (χ3v) is 4.04. The lowest BCUT2D eigenvalue weighted by atomic mass is 10.1. The molecule has 22 heavy (non-hydrogen) atoms. The predicted octanol–water partition coefficient (Wildman–Crippen LogP) is 3.40. The number of hydrogen-bond acceptors (Lipinski definition) is 3. The average molecular weight is 319 g/mol. The molecule has 0 aliphatic heterocycles. The number of carbonyl (C=O) groups excluding carboxylic acids is 1. The highest BCUT2D eigenvalue weighted by Crippen LogP contribution is 2.18. The second-order valence-electron chi connectivity index (χ2n) is 4.70. The minimum Gasteiger partial charge on any atom is -0.386 e. The number of rotatable bonds is 6. The van der Waals surface area contributed by atoms with E-state index >= 15 is 0 Å². The van der Waals surface area contributed by atoms with Crippen LogP contribution in [0.3, 0.4) is 0 Å². The Bertz CT molecular complexity index is 631. The molecule has 0 aliphatic carbocycles. The molecule has 0 aromatic heterocycles. The number of amides is 1. The van der Waals surface area contributed by atoms with Crippen molar-refractivity contribution in [2.24, 2.45) is 0 Å². The van der Waals surface area contributed by atoms with Crippen LogP contribution in [0.15, 0.2) is 53.4 Å². The SMILES string of the molecule is CCSc1ccc(C(=O)NCC(O)c2ccccc2F)cc1. The van der Waals surface area contributed by atoms with Gasteiger partial charge in [-0.3, -0.25) is 4.79 Å². The summed E-state index contributed by atoms with van der Waals surface area (Å²) in [5, 5.41) is 12.6. The van der Waals surface area contributed by atoms with Crippen LogP contribution < -0.4 is 5.32 Å². The largest absolute Gasteiger partial charge is 0.386 e. The molecule has 0 fully saturated rings. The average Bonchev–Trinajstić information content (AvgIpc) is 2.54. The van der Waals surface area contributed by atoms with Gasteiger partial charge < -0.3 is 10.4 Å². The highest BCUT2D eigenvalue weighted by molar-refractivity contribution is 7.99. The summed E-state index contributed by atoms with van der Waals surface area (Å²) in [5.41, 5.74) is 0.693. The maximum absolute atomic E-state index is 13.5. The van der Waals surface area contributed by atoms with E-state index in [0.717, 1.165) is 10.6 Å². The van der Waals surface area contributed by atoms with Crippen LogP contribution in [0.4, 0.5) is 4.39 Å². The van der Waals surface area contributed by atoms with Crippen molar-refractivity contribution in [3.05, 3.63) is 65.5 Å². The van der Waals surface area contributed by atoms with Crippen molar-refractivity contribution in [3.8, 4) is 0 Å². The van der Waals surface area contributed by atoms with Crippen LogP contribution in [0.1, 0.15) is 28.9 Å². The zero-order valence-corrected chi connectivity index (χ0v) is 13.1. The molecule has 5 heteroatoms. The Balaban J connectivity index is 1.93. The second-order valence-corrected chi connectivity index (χ2v) is 6.04. The van der Waals surface area contributed by atoms with Crippen LogP contribution in [-0.2, 0) is 0 Å². The Labute approximate surface area is 133 Å². The normalized spacial score (nSPS) is 12.0. The number of nitrogens with one attached hydrogen (secondary N) is 1. The quantitative estimate of drug-likeness (QED) is 0.802. The van der Waals surface area contributed by atoms with Crippen LogP contribution in [0.2, 0.25) is 0 Å². The number of halogens is 1. The van der Waals surface area contributed by atoms with Gasteiger partial charge in [0.1, 0.15) is 5.82 Å². The number of aliphatic hydroxyl groups is 1. The third kappa shape index (κ3) is 4.32. The van der Waals surface area contributed by atoms with Crippen molar-refractivity contribution in [2.75, 3.05) is 12.3 Å². The minimum absolute atomic E-state index is 0.0365. The first-order chi connectivity index (χ1) is 10.6. The van der Waals surface area contributed by atoms with Gasteiger partial charge in [0.25, 0.3) is 5.91 Å². The lowest BCUT2D eigenvalue weighted by Crippen LogP contribution is -2.28. The first kappa shape index (κ1) is 16.5. The first-order valence-corrected chi connectivity index (χ1v) is 8.04. The van der Waals surface area contributed by atoms with Crippen LogP contribution in [-0.4, -0.2) is 23.3 Å². The molecule has 0 saturated heterocycles. The van der Waals surface area contributed by atoms with Crippen LogP contribution in [0.25, 0.3) is 0 Å². The third-order valence-electron chi connectivity index (χ3n) is 3.15. The summed E-state index contributed by atoms with van der Waals surface area (Å²) in [6, 6.07) is 13.2. The van der Waals surface area contributed by atoms with Crippen molar-refractivity contribution >= 4 is 17.7 Å². The van der Waals surface area contributed by atoms with E-state index in [1.165, 1.54) is 12.1 Å². The maximum atomic E-state index is 13.5. The van der Waals surface area contributed by atoms with Gasteiger partial charge in [0, 0.05) is 22.6 Å². The van der Waals surface area contributed by atoms with Crippen molar-refractivity contribution in [3.63, 3.8) is 0 Å². The maximum Gasteiger partial charge on any atom is 0.251 e. The zero-order chi connectivity index (χ0) is 15.9. The molecule has 0 radical (unpaired) electrons. The summed E-state index contributed by atoms with van der Waals surface area (Å²) >= 11 is 1.70. The van der Waals surface area contributed by atoms with Gasteiger partial charge in [0.15, 0.2) is 0 Å². The van der Waals surface area contributed by atoms with Crippen LogP contribution >= 0.6 is 11.8 Å². The Hall–Kier alpha value is -1.85. The summed E-state index contributed by atoms with van der Waals surface area (Å²) in [4.78, 5) is 13.1. The van der Waals surface area contributed by atoms with Gasteiger partial charge in [-0.1, -0.05) is 25.1 Å². The summed E-state index contributed by atoms with van der Waals surface area (Å²) in [7, 11) is 0. The fourth-order valence-corrected chi connectivity index (χ4v) is 2.68. The Morgan fingerprint density at radius 2 is 1.91 bits per heavy atom. The van der Waals surface area contributed by atoms with E-state index in [1.807, 2.05) is 12.1 Å². The van der Waals surface area contributed by atoms with Crippen molar-refractivity contribution < 1.29 is 14.3 Å². The lowest BCUT2D eigenvalue weighted by molar-refractivity contribution is 0.0914. The Morgan fingerprint density at radius 1 is 1.23 bits per heavy atom. The topological polar surface area (TPSA) is 49.3 Å². The monoisotopic (exact) mass is 319 g/mol. The van der Waals surface area contributed by atoms with E-state index in [2.05, 4.69) is 12.2 Å². The summed E-state index contributed by atoms with van der Waals surface area (Å²) in [5.74, 6) is 0.203. The highest BCUT2D eigenvalue weighted by atomic mass is 32.2. The zero-order valence-electron chi connectivity index (χ0n) is 12.3. The molecular formula is C17H18FNO2S. The number of carbonyl (C=O) groups is 1. The molecular weight excluding hydrogens is 301 g/mol. The molecule has 0 spiro atoms. The predicted molar refractivity (Wildman–Crippen MR) is 86.5 cm³/mol. The molecule has 116 valence electrons. The number of thioether (sulfide) groups is 1. The number of benzene rings is 2. The molecule has 1 unspecified atom stereocenters. The van der Waals surface area contributed by atoms with Gasteiger partial charge in [-0.15, -0.1) is 11.8 Å². The van der Waals surface area contributed by atoms with Crippen molar-refractivity contribution in [1.82, 2.24) is 5.32 Å². The Kier molecular flexibility index (Phi) is 5.98. The first-order valence-electron chi connectivity index (χ1n) is 7.05. The van der Waals surface area contributed by atoms with E-state index in [-0.39, 0.29) is 18.0 Å². The van der Waals surface area contributed by atoms with Gasteiger partial charge >= 0.3 is 0 Å². The van der Waals surface area contributed by atoms with E-state index < -0.39 is 11.9 Å². The Morgan fingerprint density at radius 3 is 2.55 bits per heavy atom. The highest BCUT2D eigenvalue weighted by Gasteiger charge is 2.14. The molecule has 0 heterocycles. The van der Waals surface area contributed by atoms with Gasteiger partial charge in [0.05, 0.1) is 6.10 Å². The molecule has 2 aromatic carbocycles. The van der Waals surface area contributed by atoms with Crippen molar-refractivity contribution in [2.45, 2.75) is 17.9 Å². The summed E-state index contributed by atoms with van der Waals surface area (Å²) in [6.45, 7) is 2.03. The smallest absolute Gasteiger partial charge is 0.251 e. The van der Waals surface area contributed by atoms with Crippen LogP contribution in [0.5, 0.6) is 0 Å². The molecule has 3 nitrogen and oxygen atoms in total. The molecule has 0 aliphatic rings. The standard InChI is InChI=1S/C17H18FNO2S/c1-2-22-13-9-7-12(8-10-13)17(21)19-11-16(20)14-5-3-4-6-15(14)18/h3-10,16,20H,2,11H2,1H3,(H,19,21). The van der Waals surface area contributed by atoms with Crippen LogP contribution in [0, 0.1) is 5.82 Å². The van der Waals surface area contributed by atoms with Gasteiger partial charge in [-0.25, -0.2) is 4.39 Å². The molecule has 2 aromatic rings. The molecule has 1 amide bonds. The van der Waals surface area contributed by atoms with Gasteiger partial charge in [-0.2, -0.15) is 0 Å². The lowest BCUT2D eigenvalue weighted by Gasteiger charge is -2.13. The second kappa shape index (κ2) is 7.96. The molecule has 0 bridgehead atoms. The summed E-state index contributed by atoms with van der Waals surface area (Å²) in [6.07, 6.45) is -1.07.